The van der Waals surface area contributed by atoms with Gasteiger partial charge >= 0.3 is 0 Å². The van der Waals surface area contributed by atoms with Crippen molar-refractivity contribution in [2.24, 2.45) is 0 Å². The van der Waals surface area contributed by atoms with Crippen molar-refractivity contribution in [3.05, 3.63) is 41.7 Å². The van der Waals surface area contributed by atoms with Gasteiger partial charge in [-0.25, -0.2) is 4.98 Å². The first-order valence-electron chi connectivity index (χ1n) is 6.59. The molecule has 0 fully saturated rings. The highest BCUT2D eigenvalue weighted by Crippen LogP contribution is 2.46. The molecular formula is C15H16N2O3S. The van der Waals surface area contributed by atoms with Crippen LogP contribution in [-0.2, 0) is 0 Å². The number of aromatic nitrogens is 2. The van der Waals surface area contributed by atoms with E-state index in [0.29, 0.717) is 17.5 Å². The van der Waals surface area contributed by atoms with Crippen molar-refractivity contribution in [2.75, 3.05) is 20.0 Å². The van der Waals surface area contributed by atoms with Gasteiger partial charge in [0.05, 0.1) is 20.4 Å². The first-order valence-corrected chi connectivity index (χ1v) is 7.58. The number of thioether (sulfide) groups is 1. The van der Waals surface area contributed by atoms with Crippen LogP contribution in [0.4, 0.5) is 0 Å². The molecule has 1 aromatic carbocycles. The lowest BCUT2D eigenvalue weighted by Gasteiger charge is -2.19. The van der Waals surface area contributed by atoms with Crippen molar-refractivity contribution in [3.8, 4) is 11.8 Å². The predicted molar refractivity (Wildman–Crippen MR) is 80.0 cm³/mol. The molecule has 2 aromatic rings. The minimum absolute atomic E-state index is 0.0113. The highest BCUT2D eigenvalue weighted by atomic mass is 32.2. The van der Waals surface area contributed by atoms with Crippen molar-refractivity contribution in [1.82, 2.24) is 9.97 Å². The third-order valence-corrected chi connectivity index (χ3v) is 4.75. The van der Waals surface area contributed by atoms with Crippen LogP contribution >= 0.6 is 11.8 Å². The van der Waals surface area contributed by atoms with Gasteiger partial charge in [-0.2, -0.15) is 4.98 Å². The van der Waals surface area contributed by atoms with Crippen LogP contribution in [-0.4, -0.2) is 35.0 Å². The SMILES string of the molecule is COc1cnc(C(O)C2CSc3ccccc32)c(OC)n1. The van der Waals surface area contributed by atoms with Gasteiger partial charge in [0.1, 0.15) is 11.8 Å². The van der Waals surface area contributed by atoms with E-state index in [-0.39, 0.29) is 5.92 Å². The van der Waals surface area contributed by atoms with Gasteiger partial charge < -0.3 is 14.6 Å². The largest absolute Gasteiger partial charge is 0.480 e. The summed E-state index contributed by atoms with van der Waals surface area (Å²) in [5, 5.41) is 10.7. The number of ether oxygens (including phenoxy) is 2. The van der Waals surface area contributed by atoms with E-state index in [0.717, 1.165) is 11.3 Å². The molecule has 0 saturated heterocycles. The Labute approximate surface area is 127 Å². The predicted octanol–water partition coefficient (Wildman–Crippen LogP) is 2.42. The fourth-order valence-electron chi connectivity index (χ4n) is 2.46. The minimum atomic E-state index is -0.755. The molecule has 2 unspecified atom stereocenters. The molecule has 0 aliphatic carbocycles. The molecule has 21 heavy (non-hydrogen) atoms. The topological polar surface area (TPSA) is 64.5 Å². The maximum atomic E-state index is 10.7. The molecule has 2 atom stereocenters. The van der Waals surface area contributed by atoms with E-state index >= 15 is 0 Å². The normalized spacial score (nSPS) is 18.1. The maximum absolute atomic E-state index is 10.7. The first kappa shape index (κ1) is 14.2. The van der Waals surface area contributed by atoms with E-state index in [1.807, 2.05) is 18.2 Å². The third kappa shape index (κ3) is 2.56. The molecule has 110 valence electrons. The summed E-state index contributed by atoms with van der Waals surface area (Å²) in [4.78, 5) is 9.66. The summed E-state index contributed by atoms with van der Waals surface area (Å²) < 4.78 is 10.3. The average Bonchev–Trinajstić information content (AvgIpc) is 2.97. The van der Waals surface area contributed by atoms with Crippen LogP contribution < -0.4 is 9.47 Å². The summed E-state index contributed by atoms with van der Waals surface area (Å²) in [7, 11) is 3.03. The second-order valence-corrected chi connectivity index (χ2v) is 5.77. The summed E-state index contributed by atoms with van der Waals surface area (Å²) in [6.07, 6.45) is 0.740. The van der Waals surface area contributed by atoms with E-state index < -0.39 is 6.10 Å². The van der Waals surface area contributed by atoms with E-state index in [4.69, 9.17) is 9.47 Å². The standard InChI is InChI=1S/C15H16N2O3S/c1-19-12-7-16-13(15(17-12)20-2)14(18)10-8-21-11-6-4-3-5-9(10)11/h3-7,10,14,18H,8H2,1-2H3. The van der Waals surface area contributed by atoms with E-state index in [1.54, 1.807) is 11.8 Å². The number of hydrogen-bond donors (Lipinski definition) is 1. The van der Waals surface area contributed by atoms with Crippen LogP contribution in [0.5, 0.6) is 11.8 Å². The molecule has 0 saturated carbocycles. The number of benzene rings is 1. The Bertz CT molecular complexity index is 651. The molecule has 0 spiro atoms. The number of rotatable bonds is 4. The van der Waals surface area contributed by atoms with Crippen molar-refractivity contribution < 1.29 is 14.6 Å². The molecule has 0 bridgehead atoms. The lowest BCUT2D eigenvalue weighted by Crippen LogP contribution is -2.14. The monoisotopic (exact) mass is 304 g/mol. The molecule has 2 heterocycles. The Balaban J connectivity index is 1.94. The van der Waals surface area contributed by atoms with Crippen LogP contribution in [0.15, 0.2) is 35.4 Å². The fourth-order valence-corrected chi connectivity index (χ4v) is 3.74. The number of fused-ring (bicyclic) bond motifs is 1. The van der Waals surface area contributed by atoms with Crippen LogP contribution in [0.3, 0.4) is 0 Å². The Morgan fingerprint density at radius 2 is 2.10 bits per heavy atom. The highest BCUT2D eigenvalue weighted by molar-refractivity contribution is 7.99. The minimum Gasteiger partial charge on any atom is -0.480 e. The lowest BCUT2D eigenvalue weighted by atomic mass is 9.93. The molecule has 5 nitrogen and oxygen atoms in total. The van der Waals surface area contributed by atoms with Gasteiger partial charge in [0.2, 0.25) is 11.8 Å². The Hall–Kier alpha value is -1.79. The number of methoxy groups -OCH3 is 2. The van der Waals surface area contributed by atoms with Crippen molar-refractivity contribution in [1.29, 1.82) is 0 Å². The van der Waals surface area contributed by atoms with Crippen LogP contribution in [0.2, 0.25) is 0 Å². The van der Waals surface area contributed by atoms with Gasteiger partial charge in [-0.3, -0.25) is 0 Å². The van der Waals surface area contributed by atoms with Crippen LogP contribution in [0.1, 0.15) is 23.3 Å². The fraction of sp³-hybridized carbons (Fsp3) is 0.333. The quantitative estimate of drug-likeness (QED) is 0.936. The molecule has 1 aromatic heterocycles. The Kier molecular flexibility index (Phi) is 3.98. The zero-order valence-corrected chi connectivity index (χ0v) is 12.6. The van der Waals surface area contributed by atoms with Gasteiger partial charge in [-0.15, -0.1) is 11.8 Å². The summed E-state index contributed by atoms with van der Waals surface area (Å²) in [6.45, 7) is 0. The summed E-state index contributed by atoms with van der Waals surface area (Å²) in [5.74, 6) is 1.47. The first-order chi connectivity index (χ1) is 10.2. The number of hydrogen-bond acceptors (Lipinski definition) is 6. The average molecular weight is 304 g/mol. The van der Waals surface area contributed by atoms with Crippen LogP contribution in [0, 0.1) is 0 Å². The summed E-state index contributed by atoms with van der Waals surface area (Å²) >= 11 is 1.75. The summed E-state index contributed by atoms with van der Waals surface area (Å²) in [6, 6.07) is 8.12. The second kappa shape index (κ2) is 5.91. The van der Waals surface area contributed by atoms with E-state index in [2.05, 4.69) is 16.0 Å². The molecular weight excluding hydrogens is 288 g/mol. The number of aliphatic hydroxyl groups excluding tert-OH is 1. The van der Waals surface area contributed by atoms with Crippen molar-refractivity contribution in [3.63, 3.8) is 0 Å². The van der Waals surface area contributed by atoms with E-state index in [9.17, 15) is 5.11 Å². The molecule has 1 aliphatic rings. The number of aliphatic hydroxyl groups is 1. The number of nitrogens with zero attached hydrogens (tertiary/aromatic N) is 2. The Morgan fingerprint density at radius 1 is 1.29 bits per heavy atom. The summed E-state index contributed by atoms with van der Waals surface area (Å²) in [5.41, 5.74) is 1.59. The molecule has 3 rings (SSSR count). The Morgan fingerprint density at radius 3 is 2.86 bits per heavy atom. The van der Waals surface area contributed by atoms with Crippen molar-refractivity contribution >= 4 is 11.8 Å². The molecule has 0 amide bonds. The smallest absolute Gasteiger partial charge is 0.241 e. The lowest BCUT2D eigenvalue weighted by molar-refractivity contribution is 0.143. The molecule has 1 aliphatic heterocycles. The van der Waals surface area contributed by atoms with Gasteiger partial charge in [0, 0.05) is 16.6 Å². The van der Waals surface area contributed by atoms with E-state index in [1.165, 1.54) is 25.3 Å². The zero-order chi connectivity index (χ0) is 14.8. The highest BCUT2D eigenvalue weighted by Gasteiger charge is 2.33. The second-order valence-electron chi connectivity index (χ2n) is 4.71. The zero-order valence-electron chi connectivity index (χ0n) is 11.8. The molecule has 6 heteroatoms. The van der Waals surface area contributed by atoms with Gasteiger partial charge in [0.25, 0.3) is 0 Å². The van der Waals surface area contributed by atoms with Crippen LogP contribution in [0.25, 0.3) is 0 Å². The molecule has 1 N–H and O–H groups in total. The van der Waals surface area contributed by atoms with Crippen molar-refractivity contribution in [2.45, 2.75) is 16.9 Å². The van der Waals surface area contributed by atoms with Gasteiger partial charge in [-0.1, -0.05) is 18.2 Å². The maximum Gasteiger partial charge on any atom is 0.241 e. The van der Waals surface area contributed by atoms with Gasteiger partial charge in [-0.05, 0) is 11.6 Å². The molecule has 0 radical (unpaired) electrons. The van der Waals surface area contributed by atoms with Gasteiger partial charge in [0.15, 0.2) is 0 Å². The third-order valence-electron chi connectivity index (χ3n) is 3.55.